The lowest BCUT2D eigenvalue weighted by Crippen LogP contribution is -2.37. The SMILES string of the molecule is CCOCCn1cc[n+](CCCC#N)c1CC. The number of nitriles is 1. The smallest absolute Gasteiger partial charge is 0.256 e. The maximum Gasteiger partial charge on any atom is 0.256 e. The van der Waals surface area contributed by atoms with Crippen LogP contribution in [-0.4, -0.2) is 17.8 Å². The van der Waals surface area contributed by atoms with Gasteiger partial charge < -0.3 is 4.74 Å². The Labute approximate surface area is 103 Å². The quantitative estimate of drug-likeness (QED) is 0.509. The first kappa shape index (κ1) is 13.7. The number of aryl methyl sites for hydroxylation is 1. The van der Waals surface area contributed by atoms with E-state index in [2.05, 4.69) is 34.5 Å². The summed E-state index contributed by atoms with van der Waals surface area (Å²) in [4.78, 5) is 0. The summed E-state index contributed by atoms with van der Waals surface area (Å²) in [5.41, 5.74) is 0. The highest BCUT2D eigenvalue weighted by atomic mass is 16.5. The molecule has 0 fully saturated rings. The molecule has 0 atom stereocenters. The van der Waals surface area contributed by atoms with Gasteiger partial charge in [-0.05, 0) is 13.3 Å². The maximum atomic E-state index is 8.54. The average molecular weight is 236 g/mol. The van der Waals surface area contributed by atoms with Crippen LogP contribution < -0.4 is 4.57 Å². The van der Waals surface area contributed by atoms with Gasteiger partial charge in [-0.2, -0.15) is 5.26 Å². The van der Waals surface area contributed by atoms with E-state index in [9.17, 15) is 0 Å². The third-order valence-electron chi connectivity index (χ3n) is 2.77. The van der Waals surface area contributed by atoms with Crippen molar-refractivity contribution >= 4 is 0 Å². The molecular weight excluding hydrogens is 214 g/mol. The molecule has 1 heterocycles. The number of ether oxygens (including phenoxy) is 1. The monoisotopic (exact) mass is 236 g/mol. The van der Waals surface area contributed by atoms with Crippen molar-refractivity contribution in [3.8, 4) is 6.07 Å². The summed E-state index contributed by atoms with van der Waals surface area (Å²) in [6, 6.07) is 2.18. The number of imidazole rings is 1. The van der Waals surface area contributed by atoms with Crippen LogP contribution in [0.2, 0.25) is 0 Å². The molecular formula is C13H22N3O+. The van der Waals surface area contributed by atoms with Crippen molar-refractivity contribution in [3.63, 3.8) is 0 Å². The molecule has 0 aliphatic heterocycles. The van der Waals surface area contributed by atoms with E-state index in [0.717, 1.165) is 39.1 Å². The molecule has 0 saturated heterocycles. The van der Waals surface area contributed by atoms with E-state index < -0.39 is 0 Å². The molecule has 17 heavy (non-hydrogen) atoms. The Kier molecular flexibility index (Phi) is 6.34. The molecule has 0 N–H and O–H groups in total. The van der Waals surface area contributed by atoms with Crippen molar-refractivity contribution in [1.29, 1.82) is 5.26 Å². The molecule has 1 rings (SSSR count). The molecule has 0 saturated carbocycles. The molecule has 0 spiro atoms. The van der Waals surface area contributed by atoms with Crippen molar-refractivity contribution in [2.45, 2.75) is 46.2 Å². The van der Waals surface area contributed by atoms with Crippen LogP contribution in [0.5, 0.6) is 0 Å². The molecule has 1 aromatic rings. The van der Waals surface area contributed by atoms with E-state index in [-0.39, 0.29) is 0 Å². The first-order valence-corrected chi connectivity index (χ1v) is 6.35. The topological polar surface area (TPSA) is 41.8 Å². The molecule has 0 radical (unpaired) electrons. The summed E-state index contributed by atoms with van der Waals surface area (Å²) in [6.07, 6.45) is 6.75. The molecule has 0 amide bonds. The molecule has 0 aliphatic carbocycles. The Morgan fingerprint density at radius 1 is 1.47 bits per heavy atom. The zero-order valence-electron chi connectivity index (χ0n) is 10.9. The van der Waals surface area contributed by atoms with Crippen LogP contribution in [-0.2, 0) is 24.2 Å². The fraction of sp³-hybridized carbons (Fsp3) is 0.692. The Bertz CT molecular complexity index is 365. The number of nitrogens with zero attached hydrogens (tertiary/aromatic N) is 3. The third-order valence-corrected chi connectivity index (χ3v) is 2.77. The number of unbranched alkanes of at least 4 members (excludes halogenated alkanes) is 1. The van der Waals surface area contributed by atoms with Crippen LogP contribution in [0.4, 0.5) is 0 Å². The summed E-state index contributed by atoms with van der Waals surface area (Å²) < 4.78 is 9.85. The normalized spacial score (nSPS) is 10.4. The summed E-state index contributed by atoms with van der Waals surface area (Å²) in [5.74, 6) is 1.31. The maximum absolute atomic E-state index is 8.54. The molecule has 0 unspecified atom stereocenters. The second-order valence-corrected chi connectivity index (χ2v) is 3.91. The predicted molar refractivity (Wildman–Crippen MR) is 65.3 cm³/mol. The minimum Gasteiger partial charge on any atom is -0.378 e. The van der Waals surface area contributed by atoms with Gasteiger partial charge in [-0.25, -0.2) is 9.13 Å². The lowest BCUT2D eigenvalue weighted by Gasteiger charge is -2.03. The van der Waals surface area contributed by atoms with E-state index in [1.807, 2.05) is 6.92 Å². The minimum absolute atomic E-state index is 0.625. The van der Waals surface area contributed by atoms with Crippen molar-refractivity contribution < 1.29 is 9.30 Å². The average Bonchev–Trinajstić information content (AvgIpc) is 2.72. The van der Waals surface area contributed by atoms with Gasteiger partial charge in [-0.15, -0.1) is 0 Å². The number of rotatable bonds is 8. The van der Waals surface area contributed by atoms with Crippen LogP contribution in [0, 0.1) is 11.3 Å². The van der Waals surface area contributed by atoms with Gasteiger partial charge in [0.25, 0.3) is 5.82 Å². The number of aromatic nitrogens is 2. The summed E-state index contributed by atoms with van der Waals surface area (Å²) in [5, 5.41) is 8.54. The van der Waals surface area contributed by atoms with Crippen LogP contribution in [0.15, 0.2) is 12.4 Å². The van der Waals surface area contributed by atoms with Gasteiger partial charge in [0.1, 0.15) is 18.9 Å². The highest BCUT2D eigenvalue weighted by Crippen LogP contribution is 1.99. The Morgan fingerprint density at radius 3 is 2.94 bits per heavy atom. The minimum atomic E-state index is 0.625. The molecule has 0 aromatic carbocycles. The molecule has 0 aliphatic rings. The fourth-order valence-electron chi connectivity index (χ4n) is 1.95. The molecule has 1 aromatic heterocycles. The van der Waals surface area contributed by atoms with E-state index >= 15 is 0 Å². The van der Waals surface area contributed by atoms with E-state index in [1.54, 1.807) is 0 Å². The predicted octanol–water partition coefficient (Wildman–Crippen LogP) is 1.68. The molecule has 4 nitrogen and oxygen atoms in total. The highest BCUT2D eigenvalue weighted by molar-refractivity contribution is 4.83. The summed E-state index contributed by atoms with van der Waals surface area (Å²) >= 11 is 0. The van der Waals surface area contributed by atoms with Gasteiger partial charge in [0, 0.05) is 19.4 Å². The largest absolute Gasteiger partial charge is 0.378 e. The van der Waals surface area contributed by atoms with Crippen molar-refractivity contribution in [3.05, 3.63) is 18.2 Å². The number of hydrogen-bond acceptors (Lipinski definition) is 2. The first-order chi connectivity index (χ1) is 8.33. The van der Waals surface area contributed by atoms with Crippen LogP contribution in [0.25, 0.3) is 0 Å². The first-order valence-electron chi connectivity index (χ1n) is 6.35. The van der Waals surface area contributed by atoms with Crippen LogP contribution >= 0.6 is 0 Å². The summed E-state index contributed by atoms with van der Waals surface area (Å²) in [7, 11) is 0. The van der Waals surface area contributed by atoms with E-state index in [4.69, 9.17) is 10.00 Å². The summed E-state index contributed by atoms with van der Waals surface area (Å²) in [6.45, 7) is 7.54. The Morgan fingerprint density at radius 2 is 2.29 bits per heavy atom. The van der Waals surface area contributed by atoms with E-state index in [1.165, 1.54) is 5.82 Å². The van der Waals surface area contributed by atoms with Gasteiger partial charge in [-0.1, -0.05) is 6.92 Å². The lowest BCUT2D eigenvalue weighted by molar-refractivity contribution is -0.704. The highest BCUT2D eigenvalue weighted by Gasteiger charge is 2.14. The van der Waals surface area contributed by atoms with Crippen molar-refractivity contribution in [1.82, 2.24) is 4.57 Å². The van der Waals surface area contributed by atoms with Gasteiger partial charge >= 0.3 is 0 Å². The van der Waals surface area contributed by atoms with Gasteiger partial charge in [-0.3, -0.25) is 0 Å². The Balaban J connectivity index is 2.57. The Hall–Kier alpha value is -1.34. The van der Waals surface area contributed by atoms with Gasteiger partial charge in [0.2, 0.25) is 0 Å². The zero-order chi connectivity index (χ0) is 12.5. The van der Waals surface area contributed by atoms with Gasteiger partial charge in [0.15, 0.2) is 0 Å². The third kappa shape index (κ3) is 4.20. The molecule has 0 bridgehead atoms. The second kappa shape index (κ2) is 7.86. The second-order valence-electron chi connectivity index (χ2n) is 3.91. The molecule has 4 heteroatoms. The van der Waals surface area contributed by atoms with Gasteiger partial charge in [0.05, 0.1) is 19.2 Å². The van der Waals surface area contributed by atoms with Crippen molar-refractivity contribution in [2.75, 3.05) is 13.2 Å². The van der Waals surface area contributed by atoms with Crippen LogP contribution in [0.1, 0.15) is 32.5 Å². The molecule has 94 valence electrons. The van der Waals surface area contributed by atoms with Crippen molar-refractivity contribution in [2.24, 2.45) is 0 Å². The standard InChI is InChI=1S/C13H22N3O/c1-3-13-15(8-6-5-7-14)9-10-16(13)11-12-17-4-2/h9-10H,3-6,8,11-12H2,1-2H3/q+1. The zero-order valence-corrected chi connectivity index (χ0v) is 10.9. The number of hydrogen-bond donors (Lipinski definition) is 0. The van der Waals surface area contributed by atoms with E-state index in [0.29, 0.717) is 6.42 Å². The fourth-order valence-corrected chi connectivity index (χ4v) is 1.95. The lowest BCUT2D eigenvalue weighted by atomic mass is 10.3. The van der Waals surface area contributed by atoms with Crippen LogP contribution in [0.3, 0.4) is 0 Å².